The molecule has 0 bridgehead atoms. The smallest absolute Gasteiger partial charge is 0.325 e. The molecule has 5 heteroatoms. The lowest BCUT2D eigenvalue weighted by Gasteiger charge is -2.19. The molecule has 1 fully saturated rings. The molecule has 1 aromatic carbocycles. The molecule has 1 aliphatic carbocycles. The molecule has 19 heavy (non-hydrogen) atoms. The third-order valence-corrected chi connectivity index (χ3v) is 3.81. The van der Waals surface area contributed by atoms with Crippen LogP contribution in [0.4, 0.5) is 5.82 Å². The lowest BCUT2D eigenvalue weighted by Crippen LogP contribution is -2.17. The van der Waals surface area contributed by atoms with Crippen molar-refractivity contribution in [2.45, 2.75) is 31.6 Å². The number of rotatable bonds is 2. The van der Waals surface area contributed by atoms with E-state index in [1.807, 2.05) is 18.2 Å². The van der Waals surface area contributed by atoms with E-state index in [0.717, 1.165) is 23.7 Å². The first-order valence-corrected chi connectivity index (χ1v) is 6.46. The summed E-state index contributed by atoms with van der Waals surface area (Å²) in [7, 11) is 0. The number of aromatic amines is 1. The summed E-state index contributed by atoms with van der Waals surface area (Å²) in [5, 5.41) is 12.0. The summed E-state index contributed by atoms with van der Waals surface area (Å²) in [5.41, 5.74) is 1.30. The Hall–Kier alpha value is -2.17. The van der Waals surface area contributed by atoms with Gasteiger partial charge < -0.3 is 10.1 Å². The number of Topliss-reactive ketones (excluding diaryl/α,β-unsaturated/α-hetero) is 1. The zero-order valence-corrected chi connectivity index (χ0v) is 10.4. The van der Waals surface area contributed by atoms with Crippen LogP contribution in [0.1, 0.15) is 37.2 Å². The van der Waals surface area contributed by atoms with Gasteiger partial charge in [0, 0.05) is 11.8 Å². The van der Waals surface area contributed by atoms with Crippen molar-refractivity contribution in [3.05, 3.63) is 39.9 Å². The van der Waals surface area contributed by atoms with Gasteiger partial charge in [0.05, 0.1) is 11.5 Å². The van der Waals surface area contributed by atoms with Gasteiger partial charge in [0.25, 0.3) is 0 Å². The Morgan fingerprint density at radius 1 is 1.26 bits per heavy atom. The number of fused-ring (bicyclic) bond motifs is 1. The Kier molecular flexibility index (Phi) is 2.81. The van der Waals surface area contributed by atoms with Crippen molar-refractivity contribution in [3.63, 3.8) is 0 Å². The quantitative estimate of drug-likeness (QED) is 0.663. The highest BCUT2D eigenvalue weighted by Gasteiger charge is 2.33. The maximum absolute atomic E-state index is 12.1. The molecule has 0 saturated heterocycles. The Labute approximate surface area is 109 Å². The van der Waals surface area contributed by atoms with Crippen molar-refractivity contribution in [2.24, 2.45) is 0 Å². The van der Waals surface area contributed by atoms with Crippen LogP contribution in [0.15, 0.2) is 24.3 Å². The molecule has 1 unspecified atom stereocenters. The summed E-state index contributed by atoms with van der Waals surface area (Å²) in [6, 6.07) is 7.32. The summed E-state index contributed by atoms with van der Waals surface area (Å²) in [6.07, 6.45) is 3.08. The molecule has 1 aliphatic rings. The van der Waals surface area contributed by atoms with Crippen LogP contribution in [0.5, 0.6) is 0 Å². The Balaban J connectivity index is 2.22. The molecule has 1 N–H and O–H groups in total. The Morgan fingerprint density at radius 3 is 2.79 bits per heavy atom. The first-order valence-electron chi connectivity index (χ1n) is 6.46. The van der Waals surface area contributed by atoms with Crippen molar-refractivity contribution in [3.8, 4) is 0 Å². The van der Waals surface area contributed by atoms with Gasteiger partial charge in [-0.2, -0.15) is 0 Å². The number of carbonyl (C=O) groups excluding carboxylic acids is 1. The molecule has 0 spiro atoms. The highest BCUT2D eigenvalue weighted by atomic mass is 16.6. The second-order valence-electron chi connectivity index (χ2n) is 4.95. The molecule has 1 aromatic heterocycles. The van der Waals surface area contributed by atoms with E-state index >= 15 is 0 Å². The molecule has 1 heterocycles. The van der Waals surface area contributed by atoms with Crippen molar-refractivity contribution >= 4 is 22.5 Å². The molecule has 3 rings (SSSR count). The zero-order chi connectivity index (χ0) is 13.4. The number of para-hydroxylation sites is 1. The summed E-state index contributed by atoms with van der Waals surface area (Å²) in [5.74, 6) is -0.231. The maximum atomic E-state index is 12.1. The lowest BCUT2D eigenvalue weighted by molar-refractivity contribution is -0.389. The maximum Gasteiger partial charge on any atom is 0.325 e. The standard InChI is InChI=1S/C14H14N2O3/c17-12-8-4-2-6-10(12)13-9-5-1-3-7-11(9)15-14(13)16(18)19/h1,3,5,7,10,15H,2,4,6,8H2. The van der Waals surface area contributed by atoms with Crippen molar-refractivity contribution in [1.82, 2.24) is 4.98 Å². The number of hydrogen-bond donors (Lipinski definition) is 1. The zero-order valence-electron chi connectivity index (χ0n) is 10.4. The average Bonchev–Trinajstić information content (AvgIpc) is 2.79. The molecule has 1 saturated carbocycles. The van der Waals surface area contributed by atoms with Gasteiger partial charge in [-0.25, -0.2) is 4.98 Å². The fourth-order valence-corrected chi connectivity index (χ4v) is 2.93. The number of H-pyrrole nitrogens is 1. The Bertz CT molecular complexity index is 660. The van der Waals surface area contributed by atoms with Gasteiger partial charge in [0.1, 0.15) is 11.3 Å². The fraction of sp³-hybridized carbons (Fsp3) is 0.357. The molecule has 0 radical (unpaired) electrons. The van der Waals surface area contributed by atoms with Gasteiger partial charge in [-0.3, -0.25) is 4.79 Å². The van der Waals surface area contributed by atoms with E-state index in [4.69, 9.17) is 0 Å². The van der Waals surface area contributed by atoms with Crippen LogP contribution in [-0.4, -0.2) is 15.7 Å². The first kappa shape index (κ1) is 11.9. The van der Waals surface area contributed by atoms with Crippen LogP contribution in [0.3, 0.4) is 0 Å². The van der Waals surface area contributed by atoms with Crippen LogP contribution in [0.2, 0.25) is 0 Å². The van der Waals surface area contributed by atoms with Crippen LogP contribution in [0, 0.1) is 10.1 Å². The van der Waals surface area contributed by atoms with E-state index in [-0.39, 0.29) is 17.5 Å². The lowest BCUT2D eigenvalue weighted by atomic mass is 9.82. The minimum atomic E-state index is -0.419. The summed E-state index contributed by atoms with van der Waals surface area (Å²) in [6.45, 7) is 0. The minimum absolute atomic E-state index is 0.0264. The van der Waals surface area contributed by atoms with Gasteiger partial charge >= 0.3 is 5.82 Å². The van der Waals surface area contributed by atoms with Gasteiger partial charge in [0.15, 0.2) is 0 Å². The van der Waals surface area contributed by atoms with Gasteiger partial charge in [-0.15, -0.1) is 0 Å². The van der Waals surface area contributed by atoms with E-state index in [9.17, 15) is 14.9 Å². The number of nitrogens with zero attached hydrogens (tertiary/aromatic N) is 1. The highest BCUT2D eigenvalue weighted by molar-refractivity contribution is 5.96. The van der Waals surface area contributed by atoms with Gasteiger partial charge in [-0.1, -0.05) is 24.6 Å². The van der Waals surface area contributed by atoms with E-state index in [1.54, 1.807) is 6.07 Å². The minimum Gasteiger partial charge on any atom is -0.358 e. The topological polar surface area (TPSA) is 76.0 Å². The third-order valence-electron chi connectivity index (χ3n) is 3.81. The van der Waals surface area contributed by atoms with Gasteiger partial charge in [0.2, 0.25) is 0 Å². The summed E-state index contributed by atoms with van der Waals surface area (Å²) < 4.78 is 0. The Morgan fingerprint density at radius 2 is 2.05 bits per heavy atom. The molecule has 0 amide bonds. The predicted octanol–water partition coefficient (Wildman–Crippen LogP) is 3.30. The second kappa shape index (κ2) is 4.50. The SMILES string of the molecule is O=C1CCCCC1c1c([N+](=O)[O-])[nH]c2ccccc12. The van der Waals surface area contributed by atoms with Crippen LogP contribution < -0.4 is 0 Å². The number of nitrogens with one attached hydrogen (secondary N) is 1. The number of carbonyl (C=O) groups is 1. The van der Waals surface area contributed by atoms with Crippen molar-refractivity contribution in [1.29, 1.82) is 0 Å². The van der Waals surface area contributed by atoms with E-state index in [2.05, 4.69) is 4.98 Å². The van der Waals surface area contributed by atoms with E-state index in [1.165, 1.54) is 0 Å². The number of nitro groups is 1. The van der Waals surface area contributed by atoms with Crippen LogP contribution in [0.25, 0.3) is 10.9 Å². The monoisotopic (exact) mass is 258 g/mol. The summed E-state index contributed by atoms with van der Waals surface area (Å²) in [4.78, 5) is 25.7. The molecule has 0 aliphatic heterocycles. The average molecular weight is 258 g/mol. The molecule has 5 nitrogen and oxygen atoms in total. The predicted molar refractivity (Wildman–Crippen MR) is 71.2 cm³/mol. The summed E-state index contributed by atoms with van der Waals surface area (Å²) >= 11 is 0. The van der Waals surface area contributed by atoms with Crippen molar-refractivity contribution in [2.75, 3.05) is 0 Å². The molecule has 98 valence electrons. The number of ketones is 1. The fourth-order valence-electron chi connectivity index (χ4n) is 2.93. The molecule has 1 atom stereocenters. The second-order valence-corrected chi connectivity index (χ2v) is 4.95. The molecular formula is C14H14N2O3. The van der Waals surface area contributed by atoms with Crippen LogP contribution >= 0.6 is 0 Å². The third kappa shape index (κ3) is 1.91. The largest absolute Gasteiger partial charge is 0.358 e. The normalized spacial score (nSPS) is 19.8. The van der Waals surface area contributed by atoms with Gasteiger partial charge in [-0.05, 0) is 23.8 Å². The number of aromatic nitrogens is 1. The van der Waals surface area contributed by atoms with E-state index < -0.39 is 4.92 Å². The first-order chi connectivity index (χ1) is 9.18. The van der Waals surface area contributed by atoms with E-state index in [0.29, 0.717) is 18.4 Å². The number of hydrogen-bond acceptors (Lipinski definition) is 3. The highest BCUT2D eigenvalue weighted by Crippen LogP contribution is 2.39. The number of benzene rings is 1. The molecular weight excluding hydrogens is 244 g/mol. The molecule has 2 aromatic rings. The van der Waals surface area contributed by atoms with Crippen LogP contribution in [-0.2, 0) is 4.79 Å². The van der Waals surface area contributed by atoms with Crippen molar-refractivity contribution < 1.29 is 9.72 Å².